The van der Waals surface area contributed by atoms with Gasteiger partial charge in [-0.3, -0.25) is 9.36 Å². The van der Waals surface area contributed by atoms with Crippen LogP contribution < -0.4 is 14.5 Å². The molecule has 0 aliphatic carbocycles. The number of ether oxygens (including phenoxy) is 1. The molecule has 216 valence electrons. The average molecular weight is 626 g/mol. The Morgan fingerprint density at radius 2 is 1.43 bits per heavy atom. The lowest BCUT2D eigenvalue weighted by Gasteiger charge is -2.17. The Balaban J connectivity index is 1.63. The normalized spacial score (nSPS) is 11.6. The van der Waals surface area contributed by atoms with E-state index in [0.717, 1.165) is 34.9 Å². The molecule has 0 unspecified atom stereocenters. The molecule has 0 saturated heterocycles. The largest absolute Gasteiger partial charge is 0.494 e. The summed E-state index contributed by atoms with van der Waals surface area (Å²) in [5.41, 5.74) is -0.135. The van der Waals surface area contributed by atoms with Crippen LogP contribution in [0.1, 0.15) is 0 Å². The van der Waals surface area contributed by atoms with Crippen LogP contribution in [0.15, 0.2) is 76.4 Å². The van der Waals surface area contributed by atoms with Crippen molar-refractivity contribution in [2.45, 2.75) is 4.90 Å². The standard InChI is InChI=1S/C28H14ClF6NO5S/c1-40-20-12-15(13-3-2-4-16(29)9-13)11-18(30)27(20)36-19-7-6-17(10-14(19)5-8-21(36)37)42(38,39)41-28-25(34)23(32)22(31)24(33)26(28)35/h2-12H,1H3. The molecule has 0 spiro atoms. The third kappa shape index (κ3) is 4.94. The lowest BCUT2D eigenvalue weighted by atomic mass is 10.0. The Morgan fingerprint density at radius 3 is 2.07 bits per heavy atom. The van der Waals surface area contributed by atoms with Crippen LogP contribution in [-0.2, 0) is 10.1 Å². The van der Waals surface area contributed by atoms with Gasteiger partial charge in [0.15, 0.2) is 5.82 Å². The first-order valence-electron chi connectivity index (χ1n) is 11.6. The molecule has 0 aliphatic rings. The van der Waals surface area contributed by atoms with Crippen molar-refractivity contribution in [2.75, 3.05) is 7.11 Å². The Morgan fingerprint density at radius 1 is 0.762 bits per heavy atom. The zero-order valence-corrected chi connectivity index (χ0v) is 22.5. The lowest BCUT2D eigenvalue weighted by molar-refractivity contribution is 0.346. The van der Waals surface area contributed by atoms with Crippen molar-refractivity contribution < 1.29 is 43.7 Å². The van der Waals surface area contributed by atoms with Crippen LogP contribution in [0.25, 0.3) is 27.7 Å². The molecule has 0 bridgehead atoms. The van der Waals surface area contributed by atoms with Gasteiger partial charge in [0.1, 0.15) is 16.3 Å². The van der Waals surface area contributed by atoms with Gasteiger partial charge in [-0.2, -0.15) is 17.2 Å². The highest BCUT2D eigenvalue weighted by atomic mass is 35.5. The number of pyridine rings is 1. The molecule has 4 aromatic carbocycles. The molecule has 1 heterocycles. The zero-order chi connectivity index (χ0) is 30.5. The number of aromatic nitrogens is 1. The van der Waals surface area contributed by atoms with E-state index in [0.29, 0.717) is 16.1 Å². The summed E-state index contributed by atoms with van der Waals surface area (Å²) in [6.07, 6.45) is 0. The predicted molar refractivity (Wildman–Crippen MR) is 141 cm³/mol. The SMILES string of the molecule is COc1cc(-c2cccc(Cl)c2)cc(F)c1-n1c(=O)ccc2cc(S(=O)(=O)Oc3c(F)c(F)c(F)c(F)c3F)ccc21. The third-order valence-electron chi connectivity index (χ3n) is 6.15. The molecule has 0 aliphatic heterocycles. The molecule has 0 atom stereocenters. The summed E-state index contributed by atoms with van der Waals surface area (Å²) in [7, 11) is -3.93. The van der Waals surface area contributed by atoms with Crippen molar-refractivity contribution in [2.24, 2.45) is 0 Å². The molecule has 42 heavy (non-hydrogen) atoms. The summed E-state index contributed by atoms with van der Waals surface area (Å²) in [4.78, 5) is 12.2. The molecule has 1 aromatic heterocycles. The fourth-order valence-corrected chi connectivity index (χ4v) is 5.37. The van der Waals surface area contributed by atoms with Gasteiger partial charge in [-0.15, -0.1) is 0 Å². The predicted octanol–water partition coefficient (Wildman–Crippen LogP) is 6.92. The first-order chi connectivity index (χ1) is 19.8. The Hall–Kier alpha value is -4.49. The first kappa shape index (κ1) is 29.0. The summed E-state index contributed by atoms with van der Waals surface area (Å²) in [6.45, 7) is 0. The number of rotatable bonds is 6. The monoisotopic (exact) mass is 625 g/mol. The number of benzene rings is 4. The van der Waals surface area contributed by atoms with E-state index in [1.54, 1.807) is 24.3 Å². The smallest absolute Gasteiger partial charge is 0.339 e. The molecule has 0 N–H and O–H groups in total. The van der Waals surface area contributed by atoms with Gasteiger partial charge in [0, 0.05) is 16.5 Å². The molecular formula is C28H14ClF6NO5S. The third-order valence-corrected chi connectivity index (χ3v) is 7.60. The quantitative estimate of drug-likeness (QED) is 0.0886. The first-order valence-corrected chi connectivity index (χ1v) is 13.4. The number of methoxy groups -OCH3 is 1. The van der Waals surface area contributed by atoms with Crippen LogP contribution in [-0.4, -0.2) is 20.1 Å². The average Bonchev–Trinajstić information content (AvgIpc) is 2.97. The van der Waals surface area contributed by atoms with E-state index in [4.69, 9.17) is 16.3 Å². The minimum atomic E-state index is -5.18. The van der Waals surface area contributed by atoms with Gasteiger partial charge in [0.25, 0.3) is 5.56 Å². The van der Waals surface area contributed by atoms with E-state index in [1.165, 1.54) is 19.2 Å². The van der Waals surface area contributed by atoms with Crippen LogP contribution in [0, 0.1) is 34.9 Å². The van der Waals surface area contributed by atoms with Crippen LogP contribution in [0.5, 0.6) is 11.5 Å². The minimum absolute atomic E-state index is 0.00273. The summed E-state index contributed by atoms with van der Waals surface area (Å²) >= 11 is 6.04. The Bertz CT molecular complexity index is 2060. The van der Waals surface area contributed by atoms with Crippen molar-refractivity contribution in [1.29, 1.82) is 0 Å². The van der Waals surface area contributed by atoms with Crippen LogP contribution >= 0.6 is 11.6 Å². The van der Waals surface area contributed by atoms with E-state index >= 15 is 4.39 Å². The van der Waals surface area contributed by atoms with E-state index < -0.39 is 61.2 Å². The summed E-state index contributed by atoms with van der Waals surface area (Å²) in [5.74, 6) is -15.3. The molecular weight excluding hydrogens is 612 g/mol. The fraction of sp³-hybridized carbons (Fsp3) is 0.0357. The van der Waals surface area contributed by atoms with Crippen molar-refractivity contribution in [1.82, 2.24) is 4.57 Å². The van der Waals surface area contributed by atoms with Crippen LogP contribution in [0.4, 0.5) is 26.3 Å². The van der Waals surface area contributed by atoms with Gasteiger partial charge in [-0.1, -0.05) is 23.7 Å². The van der Waals surface area contributed by atoms with Gasteiger partial charge in [-0.05, 0) is 59.7 Å². The van der Waals surface area contributed by atoms with E-state index in [2.05, 4.69) is 4.18 Å². The van der Waals surface area contributed by atoms with Crippen LogP contribution in [0.2, 0.25) is 5.02 Å². The lowest BCUT2D eigenvalue weighted by Crippen LogP contribution is -2.20. The van der Waals surface area contributed by atoms with Crippen molar-refractivity contribution in [3.63, 3.8) is 0 Å². The molecule has 0 saturated carbocycles. The van der Waals surface area contributed by atoms with E-state index in [-0.39, 0.29) is 22.3 Å². The van der Waals surface area contributed by atoms with Gasteiger partial charge in [0.05, 0.1) is 12.6 Å². The molecule has 0 radical (unpaired) electrons. The van der Waals surface area contributed by atoms with E-state index in [1.807, 2.05) is 0 Å². The van der Waals surface area contributed by atoms with Crippen molar-refractivity contribution in [3.05, 3.63) is 117 Å². The topological polar surface area (TPSA) is 74.6 Å². The maximum Gasteiger partial charge on any atom is 0.339 e. The molecule has 5 rings (SSSR count). The van der Waals surface area contributed by atoms with Crippen molar-refractivity contribution >= 4 is 32.6 Å². The van der Waals surface area contributed by atoms with Gasteiger partial charge in [0.2, 0.25) is 34.8 Å². The highest BCUT2D eigenvalue weighted by Crippen LogP contribution is 2.35. The molecule has 6 nitrogen and oxygen atoms in total. The number of hydrogen-bond donors (Lipinski definition) is 0. The van der Waals surface area contributed by atoms with Gasteiger partial charge >= 0.3 is 10.1 Å². The fourth-order valence-electron chi connectivity index (χ4n) is 4.21. The van der Waals surface area contributed by atoms with Crippen molar-refractivity contribution in [3.8, 4) is 28.3 Å². The van der Waals surface area contributed by atoms with Crippen LogP contribution in [0.3, 0.4) is 0 Å². The summed E-state index contributed by atoms with van der Waals surface area (Å²) < 4.78 is 120. The summed E-state index contributed by atoms with van der Waals surface area (Å²) in [5, 5.41) is 0.396. The summed E-state index contributed by atoms with van der Waals surface area (Å²) in [6, 6.07) is 14.1. The number of halogens is 7. The second-order valence-electron chi connectivity index (χ2n) is 8.68. The maximum atomic E-state index is 15.6. The zero-order valence-electron chi connectivity index (χ0n) is 20.9. The molecule has 5 aromatic rings. The Labute approximate surface area is 238 Å². The number of fused-ring (bicyclic) bond motifs is 1. The highest BCUT2D eigenvalue weighted by molar-refractivity contribution is 7.87. The van der Waals surface area contributed by atoms with Gasteiger partial charge < -0.3 is 8.92 Å². The Kier molecular flexibility index (Phi) is 7.41. The number of hydrogen-bond acceptors (Lipinski definition) is 5. The molecule has 0 fully saturated rings. The second-order valence-corrected chi connectivity index (χ2v) is 10.7. The highest BCUT2D eigenvalue weighted by Gasteiger charge is 2.31. The van der Waals surface area contributed by atoms with E-state index in [9.17, 15) is 35.2 Å². The van der Waals surface area contributed by atoms with Gasteiger partial charge in [-0.25, -0.2) is 17.6 Å². The molecule has 14 heteroatoms. The maximum absolute atomic E-state index is 15.6. The minimum Gasteiger partial charge on any atom is -0.494 e. The second kappa shape index (κ2) is 10.7. The molecule has 0 amide bonds. The number of nitrogens with zero attached hydrogens (tertiary/aromatic N) is 1.